The van der Waals surface area contributed by atoms with Crippen molar-refractivity contribution in [1.82, 2.24) is 10.3 Å². The van der Waals surface area contributed by atoms with Crippen molar-refractivity contribution in [3.8, 4) is 10.4 Å². The number of nitrogens with zero attached hydrogens (tertiary/aromatic N) is 1. The van der Waals surface area contributed by atoms with Gasteiger partial charge in [-0.15, -0.1) is 23.7 Å². The predicted molar refractivity (Wildman–Crippen MR) is 86.2 cm³/mol. The van der Waals surface area contributed by atoms with Crippen LogP contribution in [0.15, 0.2) is 23.7 Å². The molecule has 0 aliphatic rings. The number of halogens is 3. The molecule has 20 heavy (non-hydrogen) atoms. The first-order valence-corrected chi connectivity index (χ1v) is 7.14. The zero-order chi connectivity index (χ0) is 13.8. The minimum atomic E-state index is -0.257. The van der Waals surface area contributed by atoms with Crippen molar-refractivity contribution in [3.63, 3.8) is 0 Å². The zero-order valence-electron chi connectivity index (χ0n) is 10.2. The highest BCUT2D eigenvalue weighted by Gasteiger charge is 2.17. The van der Waals surface area contributed by atoms with Crippen LogP contribution in [0.25, 0.3) is 10.4 Å². The van der Waals surface area contributed by atoms with E-state index in [1.165, 1.54) is 11.3 Å². The van der Waals surface area contributed by atoms with Crippen LogP contribution in [0.4, 0.5) is 0 Å². The van der Waals surface area contributed by atoms with E-state index in [9.17, 15) is 4.79 Å². The number of aromatic nitrogens is 1. The van der Waals surface area contributed by atoms with Crippen LogP contribution in [-0.4, -0.2) is 24.0 Å². The van der Waals surface area contributed by atoms with E-state index in [1.807, 2.05) is 0 Å². The van der Waals surface area contributed by atoms with Crippen molar-refractivity contribution in [2.24, 2.45) is 5.73 Å². The number of amides is 1. The minimum Gasteiger partial charge on any atom is -0.349 e. The van der Waals surface area contributed by atoms with E-state index in [0.29, 0.717) is 28.8 Å². The fraction of sp³-hybridized carbons (Fsp3) is 0.167. The van der Waals surface area contributed by atoms with Gasteiger partial charge in [0.15, 0.2) is 0 Å². The molecular formula is C12H12Cl3N3OS. The summed E-state index contributed by atoms with van der Waals surface area (Å²) in [5, 5.41) is 3.73. The lowest BCUT2D eigenvalue weighted by Gasteiger charge is -2.06. The standard InChI is InChI=1S/C12H11Cl2N3OS.ClH/c13-7-1-2-8(9(14)5-7)11-10(17-6-19-11)12(18)16-4-3-15;/h1-2,5-6H,3-4,15H2,(H,16,18);1H. The molecule has 3 N–H and O–H groups in total. The van der Waals surface area contributed by atoms with Crippen LogP contribution in [-0.2, 0) is 0 Å². The van der Waals surface area contributed by atoms with Gasteiger partial charge in [0.1, 0.15) is 5.69 Å². The first kappa shape index (κ1) is 17.2. The molecule has 0 radical (unpaired) electrons. The molecule has 0 bridgehead atoms. The van der Waals surface area contributed by atoms with E-state index in [1.54, 1.807) is 23.7 Å². The molecule has 1 heterocycles. The lowest BCUT2D eigenvalue weighted by atomic mass is 10.1. The van der Waals surface area contributed by atoms with Crippen LogP contribution < -0.4 is 11.1 Å². The Labute approximate surface area is 136 Å². The van der Waals surface area contributed by atoms with Crippen molar-refractivity contribution in [2.75, 3.05) is 13.1 Å². The number of nitrogens with two attached hydrogens (primary N) is 1. The molecule has 0 fully saturated rings. The van der Waals surface area contributed by atoms with E-state index in [2.05, 4.69) is 10.3 Å². The third-order valence-electron chi connectivity index (χ3n) is 2.39. The summed E-state index contributed by atoms with van der Waals surface area (Å²) in [6.45, 7) is 0.789. The van der Waals surface area contributed by atoms with Crippen molar-refractivity contribution < 1.29 is 4.79 Å². The molecule has 108 valence electrons. The van der Waals surface area contributed by atoms with Crippen molar-refractivity contribution >= 4 is 52.9 Å². The minimum absolute atomic E-state index is 0. The van der Waals surface area contributed by atoms with Gasteiger partial charge in [-0.1, -0.05) is 29.3 Å². The SMILES string of the molecule is Cl.NCCNC(=O)c1ncsc1-c1ccc(Cl)cc1Cl. The fourth-order valence-corrected chi connectivity index (χ4v) is 2.93. The summed E-state index contributed by atoms with van der Waals surface area (Å²) >= 11 is 13.4. The molecular weight excluding hydrogens is 341 g/mol. The summed E-state index contributed by atoms with van der Waals surface area (Å²) in [4.78, 5) is 16.7. The van der Waals surface area contributed by atoms with Crippen LogP contribution in [0.3, 0.4) is 0 Å². The van der Waals surface area contributed by atoms with Crippen molar-refractivity contribution in [3.05, 3.63) is 39.4 Å². The van der Waals surface area contributed by atoms with Crippen LogP contribution in [0.2, 0.25) is 10.0 Å². The van der Waals surface area contributed by atoms with E-state index >= 15 is 0 Å². The highest BCUT2D eigenvalue weighted by molar-refractivity contribution is 7.13. The molecule has 2 aromatic rings. The van der Waals surface area contributed by atoms with Gasteiger partial charge >= 0.3 is 0 Å². The summed E-state index contributed by atoms with van der Waals surface area (Å²) in [6.07, 6.45) is 0. The van der Waals surface area contributed by atoms with Gasteiger partial charge in [0.25, 0.3) is 5.91 Å². The number of benzene rings is 1. The van der Waals surface area contributed by atoms with Crippen LogP contribution in [0, 0.1) is 0 Å². The third-order valence-corrected chi connectivity index (χ3v) is 3.80. The Hall–Kier alpha value is -0.850. The first-order valence-electron chi connectivity index (χ1n) is 5.50. The van der Waals surface area contributed by atoms with Gasteiger partial charge in [0, 0.05) is 23.7 Å². The van der Waals surface area contributed by atoms with Crippen LogP contribution in [0.1, 0.15) is 10.5 Å². The summed E-state index contributed by atoms with van der Waals surface area (Å²) in [6, 6.07) is 5.14. The summed E-state index contributed by atoms with van der Waals surface area (Å²) in [5.41, 5.74) is 8.05. The van der Waals surface area contributed by atoms with Gasteiger partial charge in [-0.3, -0.25) is 4.79 Å². The van der Waals surface area contributed by atoms with Gasteiger partial charge in [0.05, 0.1) is 15.4 Å². The zero-order valence-corrected chi connectivity index (χ0v) is 13.4. The first-order chi connectivity index (χ1) is 9.13. The van der Waals surface area contributed by atoms with Gasteiger partial charge in [-0.05, 0) is 12.1 Å². The molecule has 0 saturated carbocycles. The molecule has 1 amide bonds. The van der Waals surface area contributed by atoms with Gasteiger partial charge in [-0.25, -0.2) is 4.98 Å². The number of nitrogens with one attached hydrogen (secondary N) is 1. The molecule has 0 saturated heterocycles. The molecule has 1 aromatic carbocycles. The Balaban J connectivity index is 0.00000200. The Kier molecular flexibility index (Phi) is 6.71. The van der Waals surface area contributed by atoms with Gasteiger partial charge in [-0.2, -0.15) is 0 Å². The topological polar surface area (TPSA) is 68.0 Å². The number of thiazole rings is 1. The second-order valence-electron chi connectivity index (χ2n) is 3.70. The Morgan fingerprint density at radius 1 is 1.40 bits per heavy atom. The Morgan fingerprint density at radius 3 is 2.80 bits per heavy atom. The van der Waals surface area contributed by atoms with Crippen LogP contribution >= 0.6 is 46.9 Å². The van der Waals surface area contributed by atoms with Crippen molar-refractivity contribution in [1.29, 1.82) is 0 Å². The number of carbonyl (C=O) groups is 1. The molecule has 4 nitrogen and oxygen atoms in total. The maximum atomic E-state index is 11.9. The molecule has 1 aromatic heterocycles. The van der Waals surface area contributed by atoms with E-state index in [4.69, 9.17) is 28.9 Å². The summed E-state index contributed by atoms with van der Waals surface area (Å²) in [5.74, 6) is -0.257. The van der Waals surface area contributed by atoms with Gasteiger partial charge < -0.3 is 11.1 Å². The molecule has 0 aliphatic carbocycles. The maximum absolute atomic E-state index is 11.9. The molecule has 0 unspecified atom stereocenters. The number of hydrogen-bond donors (Lipinski definition) is 2. The normalized spacial score (nSPS) is 9.95. The second-order valence-corrected chi connectivity index (χ2v) is 5.40. The lowest BCUT2D eigenvalue weighted by Crippen LogP contribution is -2.29. The van der Waals surface area contributed by atoms with E-state index in [-0.39, 0.29) is 18.3 Å². The predicted octanol–water partition coefficient (Wildman–Crippen LogP) is 3.23. The van der Waals surface area contributed by atoms with Crippen molar-refractivity contribution in [2.45, 2.75) is 0 Å². The number of hydrogen-bond acceptors (Lipinski definition) is 4. The maximum Gasteiger partial charge on any atom is 0.271 e. The van der Waals surface area contributed by atoms with E-state index < -0.39 is 0 Å². The molecule has 0 atom stereocenters. The largest absolute Gasteiger partial charge is 0.349 e. The highest BCUT2D eigenvalue weighted by atomic mass is 35.5. The van der Waals surface area contributed by atoms with Gasteiger partial charge in [0.2, 0.25) is 0 Å². The highest BCUT2D eigenvalue weighted by Crippen LogP contribution is 2.34. The molecule has 2 rings (SSSR count). The molecule has 8 heteroatoms. The third kappa shape index (κ3) is 3.84. The number of rotatable bonds is 4. The Morgan fingerprint density at radius 2 is 2.15 bits per heavy atom. The average Bonchev–Trinajstić information content (AvgIpc) is 2.85. The smallest absolute Gasteiger partial charge is 0.271 e. The van der Waals surface area contributed by atoms with E-state index in [0.717, 1.165) is 10.4 Å². The monoisotopic (exact) mass is 351 g/mol. The lowest BCUT2D eigenvalue weighted by molar-refractivity contribution is 0.0951. The summed E-state index contributed by atoms with van der Waals surface area (Å²) in [7, 11) is 0. The Bertz CT molecular complexity index is 603. The quantitative estimate of drug-likeness (QED) is 0.887. The molecule has 0 spiro atoms. The second kappa shape index (κ2) is 7.81. The fourth-order valence-electron chi connectivity index (χ4n) is 1.54. The average molecular weight is 353 g/mol. The summed E-state index contributed by atoms with van der Waals surface area (Å²) < 4.78 is 0. The number of carbonyl (C=O) groups excluding carboxylic acids is 1. The molecule has 0 aliphatic heterocycles. The van der Waals surface area contributed by atoms with Crippen LogP contribution in [0.5, 0.6) is 0 Å².